The molecular weight excluding hydrogens is 536 g/mol. The first-order valence-electron chi connectivity index (χ1n) is 11.7. The van der Waals surface area contributed by atoms with Crippen LogP contribution >= 0.6 is 23.5 Å². The average molecular weight is 555 g/mol. The lowest BCUT2D eigenvalue weighted by atomic mass is 10.1. The van der Waals surface area contributed by atoms with Crippen molar-refractivity contribution in [2.75, 3.05) is 0 Å². The highest BCUT2D eigenvalue weighted by Gasteiger charge is 2.39. The summed E-state index contributed by atoms with van der Waals surface area (Å²) >= 11 is 2.21. The topological polar surface area (TPSA) is 158 Å². The Hall–Kier alpha value is -4.43. The summed E-state index contributed by atoms with van der Waals surface area (Å²) in [4.78, 5) is 65.7. The number of amidine groups is 2. The summed E-state index contributed by atoms with van der Waals surface area (Å²) in [6.07, 6.45) is 8.91. The first kappa shape index (κ1) is 24.9. The molecule has 0 saturated carbocycles. The first-order chi connectivity index (χ1) is 19.2. The van der Waals surface area contributed by atoms with Gasteiger partial charge in [0.2, 0.25) is 5.12 Å². The van der Waals surface area contributed by atoms with Crippen LogP contribution in [0.25, 0.3) is 0 Å². The number of carbonyl (C=O) groups excluding carboxylic acids is 2. The minimum absolute atomic E-state index is 0.343. The number of hydrogen-bond acceptors (Lipinski definition) is 13. The Bertz CT molecular complexity index is 1550. The first-order valence-corrected chi connectivity index (χ1v) is 13.4. The number of benzene rings is 1. The maximum Gasteiger partial charge on any atom is 0.251 e. The molecule has 6 rings (SSSR count). The van der Waals surface area contributed by atoms with Gasteiger partial charge in [0.15, 0.2) is 23.8 Å². The third-order valence-corrected chi connectivity index (χ3v) is 8.22. The number of carbonyl (C=O) groups is 2. The molecule has 2 aromatic rings. The van der Waals surface area contributed by atoms with Gasteiger partial charge in [0, 0.05) is 18.0 Å². The second-order valence-electron chi connectivity index (χ2n) is 8.30. The van der Waals surface area contributed by atoms with E-state index in [2.05, 4.69) is 50.2 Å². The lowest BCUT2D eigenvalue weighted by Crippen LogP contribution is -2.45. The van der Waals surface area contributed by atoms with E-state index < -0.39 is 29.3 Å². The summed E-state index contributed by atoms with van der Waals surface area (Å²) < 4.78 is 0. The van der Waals surface area contributed by atoms with E-state index in [1.165, 1.54) is 37.1 Å². The highest BCUT2D eigenvalue weighted by molar-refractivity contribution is 8.26. The summed E-state index contributed by atoms with van der Waals surface area (Å²) in [5.74, 6) is 0.584. The van der Waals surface area contributed by atoms with Gasteiger partial charge in [-0.3, -0.25) is 24.6 Å². The van der Waals surface area contributed by atoms with Gasteiger partial charge in [-0.2, -0.15) is 0 Å². The van der Waals surface area contributed by atoms with Crippen molar-refractivity contribution in [3.05, 3.63) is 66.0 Å². The quantitative estimate of drug-likeness (QED) is 0.580. The van der Waals surface area contributed by atoms with E-state index in [4.69, 9.17) is 0 Å². The van der Waals surface area contributed by atoms with Gasteiger partial charge in [0.05, 0.1) is 5.25 Å². The number of fused-ring (bicyclic) bond motifs is 2. The number of thioether (sulfide) groups is 2. The summed E-state index contributed by atoms with van der Waals surface area (Å²) in [5, 5.41) is 3.02. The van der Waals surface area contributed by atoms with E-state index in [9.17, 15) is 9.59 Å². The minimum atomic E-state index is -1.02. The van der Waals surface area contributed by atoms with Gasteiger partial charge in [0.25, 0.3) is 5.91 Å². The SMILES string of the molecule is O=C(NC(C(=O)SC1=NC=NC2=NC=NC21)C(SC1=NC=NC2=NC=NC21)c1cccnc1)c1ccccc1. The molecule has 0 radical (unpaired) electrons. The van der Waals surface area contributed by atoms with Crippen LogP contribution in [0.4, 0.5) is 0 Å². The van der Waals surface area contributed by atoms with Crippen LogP contribution in [-0.4, -0.2) is 81.2 Å². The number of aliphatic imine (C=N–C) groups is 8. The number of aromatic nitrogens is 1. The predicted molar refractivity (Wildman–Crippen MR) is 156 cm³/mol. The molecule has 0 spiro atoms. The standard InChI is InChI=1S/C25H18N10O2S2/c36-22(14-5-2-1-3-6-14)35-16(25(37)39-24-18-21(30-11-28-18)32-13-34-24)19(15-7-4-8-26-9-15)38-23-17-20(29-10-27-17)31-12-33-23/h1-13,16-19H,(H,35,36). The molecule has 39 heavy (non-hydrogen) atoms. The molecule has 4 aliphatic rings. The highest BCUT2D eigenvalue weighted by atomic mass is 32.2. The van der Waals surface area contributed by atoms with Crippen molar-refractivity contribution in [2.24, 2.45) is 39.9 Å². The van der Waals surface area contributed by atoms with Crippen molar-refractivity contribution in [3.8, 4) is 0 Å². The molecule has 1 N–H and O–H groups in total. The third-order valence-electron chi connectivity index (χ3n) is 5.86. The summed E-state index contributed by atoms with van der Waals surface area (Å²) in [7, 11) is 0. The van der Waals surface area contributed by atoms with Crippen LogP contribution in [0.3, 0.4) is 0 Å². The average Bonchev–Trinajstić information content (AvgIpc) is 3.66. The van der Waals surface area contributed by atoms with Crippen LogP contribution in [0.5, 0.6) is 0 Å². The normalized spacial score (nSPS) is 21.7. The molecule has 0 fully saturated rings. The molecular formula is C25H18N10O2S2. The van der Waals surface area contributed by atoms with Crippen LogP contribution in [0.2, 0.25) is 0 Å². The van der Waals surface area contributed by atoms with Gasteiger partial charge in [0.1, 0.15) is 41.5 Å². The smallest absolute Gasteiger partial charge is 0.251 e. The van der Waals surface area contributed by atoms with E-state index in [0.717, 1.165) is 11.8 Å². The Morgan fingerprint density at radius 1 is 0.795 bits per heavy atom. The lowest BCUT2D eigenvalue weighted by Gasteiger charge is -2.28. The molecule has 4 atom stereocenters. The second kappa shape index (κ2) is 11.1. The van der Waals surface area contributed by atoms with Crippen molar-refractivity contribution in [1.82, 2.24) is 10.3 Å². The van der Waals surface area contributed by atoms with E-state index >= 15 is 0 Å². The van der Waals surface area contributed by atoms with E-state index in [-0.39, 0.29) is 5.12 Å². The maximum atomic E-state index is 14.0. The number of nitrogens with zero attached hydrogens (tertiary/aromatic N) is 9. The van der Waals surface area contributed by atoms with Gasteiger partial charge < -0.3 is 5.32 Å². The van der Waals surface area contributed by atoms with Crippen LogP contribution in [0.15, 0.2) is 94.8 Å². The molecule has 12 nitrogen and oxygen atoms in total. The maximum absolute atomic E-state index is 14.0. The highest BCUT2D eigenvalue weighted by Crippen LogP contribution is 2.38. The number of amides is 1. The van der Waals surface area contributed by atoms with Crippen LogP contribution in [0, 0.1) is 0 Å². The molecule has 14 heteroatoms. The number of pyridine rings is 1. The number of rotatable bonds is 6. The number of hydrogen-bond donors (Lipinski definition) is 1. The predicted octanol–water partition coefficient (Wildman–Crippen LogP) is 2.41. The van der Waals surface area contributed by atoms with Gasteiger partial charge in [-0.15, -0.1) is 0 Å². The Morgan fingerprint density at radius 2 is 1.49 bits per heavy atom. The largest absolute Gasteiger partial charge is 0.340 e. The monoisotopic (exact) mass is 554 g/mol. The zero-order valence-corrected chi connectivity index (χ0v) is 21.6. The lowest BCUT2D eigenvalue weighted by molar-refractivity contribution is -0.112. The third kappa shape index (κ3) is 5.28. The molecule has 0 aliphatic carbocycles. The molecule has 192 valence electrons. The minimum Gasteiger partial charge on any atom is -0.340 e. The van der Waals surface area contributed by atoms with Crippen LogP contribution in [0.1, 0.15) is 21.2 Å². The van der Waals surface area contributed by atoms with Crippen LogP contribution in [-0.2, 0) is 4.79 Å². The molecule has 1 aromatic heterocycles. The zero-order valence-electron chi connectivity index (χ0n) is 20.0. The Labute approximate surface area is 230 Å². The summed E-state index contributed by atoms with van der Waals surface area (Å²) in [6, 6.07) is 10.3. The fraction of sp³-hybridized carbons (Fsp3) is 0.160. The molecule has 0 saturated heterocycles. The van der Waals surface area contributed by atoms with Crippen molar-refractivity contribution in [3.63, 3.8) is 0 Å². The van der Waals surface area contributed by atoms with Gasteiger partial charge in [-0.25, -0.2) is 30.0 Å². The molecule has 5 heterocycles. The molecule has 0 bridgehead atoms. The second-order valence-corrected chi connectivity index (χ2v) is 10.5. The van der Waals surface area contributed by atoms with Crippen LogP contribution < -0.4 is 5.32 Å². The summed E-state index contributed by atoms with van der Waals surface area (Å²) in [5.41, 5.74) is 1.14. The van der Waals surface area contributed by atoms with E-state index in [0.29, 0.717) is 32.9 Å². The van der Waals surface area contributed by atoms with Crippen molar-refractivity contribution in [1.29, 1.82) is 0 Å². The fourth-order valence-electron chi connectivity index (χ4n) is 4.00. The van der Waals surface area contributed by atoms with Crippen molar-refractivity contribution < 1.29 is 9.59 Å². The van der Waals surface area contributed by atoms with Crippen molar-refractivity contribution >= 4 is 81.7 Å². The Kier molecular flexibility index (Phi) is 7.10. The van der Waals surface area contributed by atoms with Gasteiger partial charge >= 0.3 is 0 Å². The molecule has 4 aliphatic heterocycles. The van der Waals surface area contributed by atoms with Crippen molar-refractivity contribution in [2.45, 2.75) is 23.4 Å². The van der Waals surface area contributed by atoms with Gasteiger partial charge in [-0.1, -0.05) is 36.0 Å². The molecule has 1 aromatic carbocycles. The zero-order chi connectivity index (χ0) is 26.6. The Morgan fingerprint density at radius 3 is 2.18 bits per heavy atom. The van der Waals surface area contributed by atoms with Gasteiger partial charge in [-0.05, 0) is 35.5 Å². The molecule has 4 unspecified atom stereocenters. The van der Waals surface area contributed by atoms with E-state index in [1.807, 2.05) is 12.1 Å². The fourth-order valence-corrected chi connectivity index (χ4v) is 6.26. The van der Waals surface area contributed by atoms with E-state index in [1.54, 1.807) is 42.7 Å². The number of nitrogens with one attached hydrogen (secondary N) is 1. The Balaban J connectivity index is 1.36. The molecule has 1 amide bonds. The summed E-state index contributed by atoms with van der Waals surface area (Å²) in [6.45, 7) is 0.